The van der Waals surface area contributed by atoms with Crippen LogP contribution in [-0.2, 0) is 19.7 Å². The number of methoxy groups -OCH3 is 1. The number of rotatable bonds is 9. The van der Waals surface area contributed by atoms with Crippen molar-refractivity contribution in [1.29, 1.82) is 5.26 Å². The van der Waals surface area contributed by atoms with Crippen LogP contribution in [0.3, 0.4) is 0 Å². The summed E-state index contributed by atoms with van der Waals surface area (Å²) < 4.78 is 16.6. The van der Waals surface area contributed by atoms with Crippen molar-refractivity contribution in [2.45, 2.75) is 50.0 Å². The van der Waals surface area contributed by atoms with Crippen molar-refractivity contribution in [2.24, 2.45) is 0 Å². The summed E-state index contributed by atoms with van der Waals surface area (Å²) in [5.41, 5.74) is 1.13. The van der Waals surface area contributed by atoms with Crippen LogP contribution in [0.1, 0.15) is 49.7 Å². The second kappa shape index (κ2) is 12.7. The van der Waals surface area contributed by atoms with Crippen molar-refractivity contribution in [3.8, 4) is 17.6 Å². The zero-order valence-corrected chi connectivity index (χ0v) is 23.2. The number of nitrogens with one attached hydrogen (secondary N) is 1. The fourth-order valence-corrected chi connectivity index (χ4v) is 6.22. The molecule has 9 nitrogen and oxygen atoms in total. The molecule has 1 saturated carbocycles. The van der Waals surface area contributed by atoms with Gasteiger partial charge in [0.05, 0.1) is 37.0 Å². The summed E-state index contributed by atoms with van der Waals surface area (Å²) in [6.45, 7) is 5.09. The number of carbonyl (C=O) groups is 2. The molecule has 1 N–H and O–H groups in total. The minimum Gasteiger partial charge on any atom is -0.497 e. The molecule has 40 heavy (non-hydrogen) atoms. The van der Waals surface area contributed by atoms with Crippen LogP contribution in [0.4, 0.5) is 5.69 Å². The summed E-state index contributed by atoms with van der Waals surface area (Å²) in [6.07, 6.45) is 4.87. The van der Waals surface area contributed by atoms with E-state index in [-0.39, 0.29) is 11.8 Å². The highest BCUT2D eigenvalue weighted by Gasteiger charge is 2.48. The first-order chi connectivity index (χ1) is 19.5. The Morgan fingerprint density at radius 1 is 1.05 bits per heavy atom. The van der Waals surface area contributed by atoms with Gasteiger partial charge >= 0.3 is 0 Å². The Labute approximate surface area is 236 Å². The van der Waals surface area contributed by atoms with Crippen LogP contribution in [0.25, 0.3) is 0 Å². The highest BCUT2D eigenvalue weighted by Crippen LogP contribution is 2.44. The standard InChI is InChI=1S/C31H38N4O5/c1-38-25-8-6-24(7-9-25)31(12-2-3-13-31)30(37)35-14-4-5-28(35)29(36)33-27-11-10-26(21-23(27)22-32)40-20-17-34-15-18-39-19-16-34/h6-11,21,28H,2-5,12-20H2,1H3,(H,33,36)/t28-/m1/s1. The van der Waals surface area contributed by atoms with Crippen molar-refractivity contribution in [3.63, 3.8) is 0 Å². The summed E-state index contributed by atoms with van der Waals surface area (Å²) in [5.74, 6) is 1.11. The third-order valence-electron chi connectivity index (χ3n) is 8.47. The molecule has 2 aromatic rings. The minimum absolute atomic E-state index is 0.0253. The second-order valence-corrected chi connectivity index (χ2v) is 10.8. The number of nitriles is 1. The van der Waals surface area contributed by atoms with Gasteiger partial charge in [-0.15, -0.1) is 0 Å². The molecule has 0 spiro atoms. The molecule has 2 aromatic carbocycles. The van der Waals surface area contributed by atoms with E-state index in [1.807, 2.05) is 24.3 Å². The van der Waals surface area contributed by atoms with Gasteiger partial charge in [0.1, 0.15) is 30.2 Å². The Bertz CT molecular complexity index is 1230. The molecule has 2 amide bonds. The molecule has 3 aliphatic rings. The summed E-state index contributed by atoms with van der Waals surface area (Å²) in [6, 6.07) is 14.5. The third kappa shape index (κ3) is 5.93. The van der Waals surface area contributed by atoms with E-state index < -0.39 is 11.5 Å². The predicted octanol–water partition coefficient (Wildman–Crippen LogP) is 3.72. The van der Waals surface area contributed by atoms with E-state index >= 15 is 0 Å². The number of ether oxygens (including phenoxy) is 3. The zero-order valence-electron chi connectivity index (χ0n) is 23.2. The van der Waals surface area contributed by atoms with Gasteiger partial charge in [-0.05, 0) is 55.5 Å². The third-order valence-corrected chi connectivity index (χ3v) is 8.47. The van der Waals surface area contributed by atoms with Crippen LogP contribution in [0.2, 0.25) is 0 Å². The number of benzene rings is 2. The molecule has 0 radical (unpaired) electrons. The summed E-state index contributed by atoms with van der Waals surface area (Å²) in [7, 11) is 1.63. The zero-order chi connectivity index (χ0) is 28.0. The van der Waals surface area contributed by atoms with Gasteiger partial charge in [-0.2, -0.15) is 5.26 Å². The average Bonchev–Trinajstić information content (AvgIpc) is 3.69. The normalized spacial score (nSPS) is 20.6. The van der Waals surface area contributed by atoms with Gasteiger partial charge in [-0.25, -0.2) is 0 Å². The second-order valence-electron chi connectivity index (χ2n) is 10.8. The van der Waals surface area contributed by atoms with Gasteiger partial charge in [0.25, 0.3) is 0 Å². The first-order valence-electron chi connectivity index (χ1n) is 14.3. The van der Waals surface area contributed by atoms with Crippen molar-refractivity contribution in [3.05, 3.63) is 53.6 Å². The van der Waals surface area contributed by atoms with E-state index in [4.69, 9.17) is 14.2 Å². The number of anilines is 1. The fourth-order valence-electron chi connectivity index (χ4n) is 6.22. The lowest BCUT2D eigenvalue weighted by Gasteiger charge is -2.35. The van der Waals surface area contributed by atoms with E-state index in [0.717, 1.165) is 76.3 Å². The number of hydrogen-bond acceptors (Lipinski definition) is 7. The van der Waals surface area contributed by atoms with Crippen LogP contribution < -0.4 is 14.8 Å². The molecule has 2 heterocycles. The molecule has 9 heteroatoms. The number of nitrogens with zero attached hydrogens (tertiary/aromatic N) is 3. The number of hydrogen-bond donors (Lipinski definition) is 1. The first-order valence-corrected chi connectivity index (χ1v) is 14.3. The summed E-state index contributed by atoms with van der Waals surface area (Å²) >= 11 is 0. The average molecular weight is 547 g/mol. The van der Waals surface area contributed by atoms with E-state index in [9.17, 15) is 14.9 Å². The van der Waals surface area contributed by atoms with Gasteiger partial charge in [0, 0.05) is 32.2 Å². The van der Waals surface area contributed by atoms with Gasteiger partial charge in [-0.1, -0.05) is 25.0 Å². The summed E-state index contributed by atoms with van der Waals surface area (Å²) in [4.78, 5) is 31.6. The lowest BCUT2D eigenvalue weighted by atomic mass is 9.77. The Morgan fingerprint density at radius 3 is 2.48 bits per heavy atom. The van der Waals surface area contributed by atoms with E-state index in [1.165, 1.54) is 0 Å². The molecule has 0 bridgehead atoms. The fraction of sp³-hybridized carbons (Fsp3) is 0.516. The Hall–Kier alpha value is -3.61. The number of carbonyl (C=O) groups excluding carboxylic acids is 2. The number of amides is 2. The maximum absolute atomic E-state index is 14.1. The van der Waals surface area contributed by atoms with Gasteiger partial charge in [0.2, 0.25) is 11.8 Å². The number of likely N-dealkylation sites (tertiary alicyclic amines) is 1. The molecular weight excluding hydrogens is 508 g/mol. The molecule has 0 aromatic heterocycles. The van der Waals surface area contributed by atoms with E-state index in [1.54, 1.807) is 30.2 Å². The van der Waals surface area contributed by atoms with E-state index in [0.29, 0.717) is 36.6 Å². The maximum Gasteiger partial charge on any atom is 0.247 e. The van der Waals surface area contributed by atoms with Gasteiger partial charge in [-0.3, -0.25) is 14.5 Å². The molecule has 3 fully saturated rings. The molecular formula is C31H38N4O5. The largest absolute Gasteiger partial charge is 0.497 e. The van der Waals surface area contributed by atoms with Crippen LogP contribution in [0, 0.1) is 11.3 Å². The predicted molar refractivity (Wildman–Crippen MR) is 150 cm³/mol. The van der Waals surface area contributed by atoms with Crippen molar-refractivity contribution >= 4 is 17.5 Å². The highest BCUT2D eigenvalue weighted by atomic mass is 16.5. The van der Waals surface area contributed by atoms with Crippen molar-refractivity contribution in [1.82, 2.24) is 9.80 Å². The lowest BCUT2D eigenvalue weighted by Crippen LogP contribution is -2.51. The first kappa shape index (κ1) is 27.9. The lowest BCUT2D eigenvalue weighted by molar-refractivity contribution is -0.141. The molecule has 2 aliphatic heterocycles. The molecule has 212 valence electrons. The van der Waals surface area contributed by atoms with Crippen LogP contribution in [-0.4, -0.2) is 80.8 Å². The Balaban J connectivity index is 1.25. The Kier molecular flexibility index (Phi) is 8.88. The Morgan fingerprint density at radius 2 is 1.77 bits per heavy atom. The highest BCUT2D eigenvalue weighted by molar-refractivity contribution is 6.00. The van der Waals surface area contributed by atoms with Gasteiger partial charge < -0.3 is 24.4 Å². The SMILES string of the molecule is COc1ccc(C2(C(=O)N3CCC[C@@H]3C(=O)Nc3ccc(OCCN4CCOCC4)cc3C#N)CCCC2)cc1. The molecule has 5 rings (SSSR count). The summed E-state index contributed by atoms with van der Waals surface area (Å²) in [5, 5.41) is 12.7. The molecule has 2 saturated heterocycles. The topological polar surface area (TPSA) is 104 Å². The van der Waals surface area contributed by atoms with Crippen molar-refractivity contribution < 1.29 is 23.8 Å². The molecule has 0 unspecified atom stereocenters. The maximum atomic E-state index is 14.1. The number of morpholine rings is 1. The smallest absolute Gasteiger partial charge is 0.247 e. The quantitative estimate of drug-likeness (QED) is 0.511. The van der Waals surface area contributed by atoms with Gasteiger partial charge in [0.15, 0.2) is 0 Å². The monoisotopic (exact) mass is 546 g/mol. The van der Waals surface area contributed by atoms with Crippen LogP contribution in [0.5, 0.6) is 11.5 Å². The van der Waals surface area contributed by atoms with Crippen LogP contribution in [0.15, 0.2) is 42.5 Å². The van der Waals surface area contributed by atoms with Crippen molar-refractivity contribution in [2.75, 3.05) is 58.4 Å². The van der Waals surface area contributed by atoms with Crippen LogP contribution >= 0.6 is 0 Å². The van der Waals surface area contributed by atoms with E-state index in [2.05, 4.69) is 16.3 Å². The molecule has 1 aliphatic carbocycles. The minimum atomic E-state index is -0.618. The molecule has 1 atom stereocenters.